The van der Waals surface area contributed by atoms with Crippen molar-refractivity contribution < 1.29 is 4.79 Å². The zero-order valence-electron chi connectivity index (χ0n) is 13.0. The number of carbonyl (C=O) groups is 1. The van der Waals surface area contributed by atoms with Crippen LogP contribution in [0, 0.1) is 11.3 Å². The van der Waals surface area contributed by atoms with Crippen LogP contribution in [0.4, 0.5) is 5.69 Å². The molecule has 1 N–H and O–H groups in total. The number of para-hydroxylation sites is 1. The van der Waals surface area contributed by atoms with Crippen molar-refractivity contribution in [3.8, 4) is 6.07 Å². The number of nitriles is 1. The standard InChI is InChI=1S/C16H18N4OS2/c1-12(7-8-17)23-14-6-4-3-5-13(14)19-15(21)11-22-16-18-9-10-20(16)2/h3-6,9-10,12H,7,11H2,1-2H3,(H,19,21). The fourth-order valence-electron chi connectivity index (χ4n) is 1.87. The molecule has 0 bridgehead atoms. The molecule has 2 aromatic rings. The molecule has 5 nitrogen and oxygen atoms in total. The molecule has 120 valence electrons. The molecule has 2 rings (SSSR count). The van der Waals surface area contributed by atoms with Gasteiger partial charge in [-0.1, -0.05) is 30.8 Å². The van der Waals surface area contributed by atoms with Gasteiger partial charge in [0.05, 0.1) is 17.5 Å². The minimum absolute atomic E-state index is 0.0704. The largest absolute Gasteiger partial charge is 0.329 e. The van der Waals surface area contributed by atoms with E-state index in [-0.39, 0.29) is 11.2 Å². The SMILES string of the molecule is CC(CC#N)Sc1ccccc1NC(=O)CSc1nccn1C. The number of aryl methyl sites for hydroxylation is 1. The predicted octanol–water partition coefficient (Wildman–Crippen LogP) is 3.55. The van der Waals surface area contributed by atoms with Gasteiger partial charge in [0.1, 0.15) is 0 Å². The third kappa shape index (κ3) is 5.34. The van der Waals surface area contributed by atoms with E-state index in [0.717, 1.165) is 15.7 Å². The summed E-state index contributed by atoms with van der Waals surface area (Å²) < 4.78 is 1.88. The molecule has 0 saturated carbocycles. The Hall–Kier alpha value is -1.91. The van der Waals surface area contributed by atoms with Crippen molar-refractivity contribution in [1.29, 1.82) is 5.26 Å². The lowest BCUT2D eigenvalue weighted by Crippen LogP contribution is -2.15. The number of hydrogen-bond acceptors (Lipinski definition) is 5. The van der Waals surface area contributed by atoms with Crippen LogP contribution in [0.2, 0.25) is 0 Å². The fraction of sp³-hybridized carbons (Fsp3) is 0.312. The fourth-order valence-corrected chi connectivity index (χ4v) is 3.59. The second kappa shape index (κ2) is 8.65. The van der Waals surface area contributed by atoms with Gasteiger partial charge < -0.3 is 9.88 Å². The van der Waals surface area contributed by atoms with Gasteiger partial charge >= 0.3 is 0 Å². The lowest BCUT2D eigenvalue weighted by Gasteiger charge is -2.13. The number of amides is 1. The van der Waals surface area contributed by atoms with E-state index in [4.69, 9.17) is 5.26 Å². The number of imidazole rings is 1. The van der Waals surface area contributed by atoms with Gasteiger partial charge in [0.15, 0.2) is 5.16 Å². The van der Waals surface area contributed by atoms with Gasteiger partial charge in [-0.3, -0.25) is 4.79 Å². The summed E-state index contributed by atoms with van der Waals surface area (Å²) in [5, 5.41) is 12.7. The molecule has 0 radical (unpaired) electrons. The smallest absolute Gasteiger partial charge is 0.234 e. The van der Waals surface area contributed by atoms with Gasteiger partial charge in [0.2, 0.25) is 5.91 Å². The van der Waals surface area contributed by atoms with Gasteiger partial charge in [-0.15, -0.1) is 11.8 Å². The van der Waals surface area contributed by atoms with E-state index in [1.54, 1.807) is 18.0 Å². The highest BCUT2D eigenvalue weighted by Crippen LogP contribution is 2.31. The summed E-state index contributed by atoms with van der Waals surface area (Å²) in [4.78, 5) is 17.3. The van der Waals surface area contributed by atoms with Crippen LogP contribution in [-0.2, 0) is 11.8 Å². The lowest BCUT2D eigenvalue weighted by molar-refractivity contribution is -0.113. The first kappa shape index (κ1) is 17.4. The number of carbonyl (C=O) groups excluding carboxylic acids is 1. The van der Waals surface area contributed by atoms with Crippen molar-refractivity contribution in [3.63, 3.8) is 0 Å². The van der Waals surface area contributed by atoms with E-state index >= 15 is 0 Å². The maximum absolute atomic E-state index is 12.2. The molecule has 0 spiro atoms. The molecular formula is C16H18N4OS2. The summed E-state index contributed by atoms with van der Waals surface area (Å²) in [7, 11) is 1.90. The summed E-state index contributed by atoms with van der Waals surface area (Å²) in [6.07, 6.45) is 4.04. The molecule has 0 saturated heterocycles. The molecule has 23 heavy (non-hydrogen) atoms. The molecular weight excluding hydrogens is 328 g/mol. The number of benzene rings is 1. The van der Waals surface area contributed by atoms with E-state index in [0.29, 0.717) is 12.2 Å². The highest BCUT2D eigenvalue weighted by atomic mass is 32.2. The average Bonchev–Trinajstić information content (AvgIpc) is 2.93. The number of aromatic nitrogens is 2. The van der Waals surface area contributed by atoms with Crippen LogP contribution < -0.4 is 5.32 Å². The van der Waals surface area contributed by atoms with Gasteiger partial charge in [0, 0.05) is 36.0 Å². The van der Waals surface area contributed by atoms with Crippen LogP contribution in [0.25, 0.3) is 0 Å². The van der Waals surface area contributed by atoms with Crippen molar-refractivity contribution in [2.24, 2.45) is 7.05 Å². The minimum Gasteiger partial charge on any atom is -0.329 e. The molecule has 1 unspecified atom stereocenters. The first-order valence-electron chi connectivity index (χ1n) is 7.12. The molecule has 0 aliphatic heterocycles. The van der Waals surface area contributed by atoms with Crippen molar-refractivity contribution >= 4 is 35.1 Å². The van der Waals surface area contributed by atoms with E-state index in [1.165, 1.54) is 11.8 Å². The summed E-state index contributed by atoms with van der Waals surface area (Å²) in [5.41, 5.74) is 0.785. The van der Waals surface area contributed by atoms with Crippen molar-refractivity contribution in [1.82, 2.24) is 9.55 Å². The monoisotopic (exact) mass is 346 g/mol. The topological polar surface area (TPSA) is 70.7 Å². The Balaban J connectivity index is 1.95. The number of thioether (sulfide) groups is 2. The minimum atomic E-state index is -0.0704. The number of nitrogens with zero attached hydrogens (tertiary/aromatic N) is 3. The normalized spacial score (nSPS) is 11.7. The zero-order chi connectivity index (χ0) is 16.7. The average molecular weight is 346 g/mol. The zero-order valence-corrected chi connectivity index (χ0v) is 14.7. The van der Waals surface area contributed by atoms with Crippen LogP contribution in [0.5, 0.6) is 0 Å². The molecule has 0 aliphatic rings. The van der Waals surface area contributed by atoms with Crippen LogP contribution >= 0.6 is 23.5 Å². The quantitative estimate of drug-likeness (QED) is 0.776. The van der Waals surface area contributed by atoms with Gasteiger partial charge in [-0.2, -0.15) is 5.26 Å². The molecule has 1 aromatic carbocycles. The van der Waals surface area contributed by atoms with Gasteiger partial charge in [-0.25, -0.2) is 4.98 Å². The molecule has 1 aromatic heterocycles. The van der Waals surface area contributed by atoms with E-state index in [2.05, 4.69) is 16.4 Å². The summed E-state index contributed by atoms with van der Waals surface area (Å²) in [6, 6.07) is 9.83. The second-order valence-corrected chi connectivity index (χ2v) is 7.37. The van der Waals surface area contributed by atoms with E-state index in [1.807, 2.05) is 49.0 Å². The molecule has 0 fully saturated rings. The van der Waals surface area contributed by atoms with Gasteiger partial charge in [-0.05, 0) is 12.1 Å². The van der Waals surface area contributed by atoms with Crippen LogP contribution in [-0.4, -0.2) is 26.5 Å². The third-order valence-corrected chi connectivity index (χ3v) is 5.21. The van der Waals surface area contributed by atoms with E-state index < -0.39 is 0 Å². The summed E-state index contributed by atoms with van der Waals surface area (Å²) in [6.45, 7) is 2.00. The summed E-state index contributed by atoms with van der Waals surface area (Å²) in [5.74, 6) is 0.233. The highest BCUT2D eigenvalue weighted by Gasteiger charge is 2.11. The first-order valence-corrected chi connectivity index (χ1v) is 8.99. The Labute approximate surface area is 144 Å². The molecule has 1 amide bonds. The Morgan fingerprint density at radius 1 is 1.48 bits per heavy atom. The maximum atomic E-state index is 12.2. The van der Waals surface area contributed by atoms with Crippen molar-refractivity contribution in [2.75, 3.05) is 11.1 Å². The third-order valence-electron chi connectivity index (χ3n) is 2.98. The lowest BCUT2D eigenvalue weighted by atomic mass is 10.3. The molecule has 7 heteroatoms. The Kier molecular flexibility index (Phi) is 6.56. The number of rotatable bonds is 7. The van der Waals surface area contributed by atoms with Gasteiger partial charge in [0.25, 0.3) is 0 Å². The van der Waals surface area contributed by atoms with Crippen LogP contribution in [0.15, 0.2) is 46.7 Å². The predicted molar refractivity (Wildman–Crippen MR) is 94.6 cm³/mol. The molecule has 1 heterocycles. The van der Waals surface area contributed by atoms with Crippen molar-refractivity contribution in [2.45, 2.75) is 28.6 Å². The van der Waals surface area contributed by atoms with Crippen LogP contribution in [0.3, 0.4) is 0 Å². The first-order chi connectivity index (χ1) is 11.1. The number of anilines is 1. The molecule has 0 aliphatic carbocycles. The second-order valence-electron chi connectivity index (χ2n) is 4.94. The molecule has 1 atom stereocenters. The number of nitrogens with one attached hydrogen (secondary N) is 1. The number of hydrogen-bond donors (Lipinski definition) is 1. The Morgan fingerprint density at radius 3 is 2.96 bits per heavy atom. The van der Waals surface area contributed by atoms with Crippen molar-refractivity contribution in [3.05, 3.63) is 36.7 Å². The maximum Gasteiger partial charge on any atom is 0.234 e. The van der Waals surface area contributed by atoms with E-state index in [9.17, 15) is 4.79 Å². The Bertz CT molecular complexity index is 708. The highest BCUT2D eigenvalue weighted by molar-refractivity contribution is 8.00. The van der Waals surface area contributed by atoms with Crippen LogP contribution in [0.1, 0.15) is 13.3 Å². The Morgan fingerprint density at radius 2 is 2.26 bits per heavy atom. The summed E-state index contributed by atoms with van der Waals surface area (Å²) >= 11 is 2.99.